The lowest BCUT2D eigenvalue weighted by molar-refractivity contribution is -0.384. The Balaban J connectivity index is 2.07. The summed E-state index contributed by atoms with van der Waals surface area (Å²) >= 11 is 0. The van der Waals surface area contributed by atoms with Crippen molar-refractivity contribution >= 4 is 19.3 Å². The van der Waals surface area contributed by atoms with Gasteiger partial charge in [0.2, 0.25) is 5.85 Å². The summed E-state index contributed by atoms with van der Waals surface area (Å²) < 4.78 is 33.2. The number of nitro groups is 1. The minimum absolute atomic E-state index is 0.102. The van der Waals surface area contributed by atoms with E-state index >= 15 is 0 Å². The van der Waals surface area contributed by atoms with Crippen LogP contribution in [0.1, 0.15) is 11.4 Å². The van der Waals surface area contributed by atoms with Gasteiger partial charge in [-0.2, -0.15) is 0 Å². The van der Waals surface area contributed by atoms with Crippen LogP contribution in [0, 0.1) is 10.1 Å². The van der Waals surface area contributed by atoms with Crippen LogP contribution in [0.5, 0.6) is 5.75 Å². The van der Waals surface area contributed by atoms with Crippen LogP contribution in [0.25, 0.3) is 0 Å². The van der Waals surface area contributed by atoms with E-state index in [-0.39, 0.29) is 11.4 Å². The Labute approximate surface area is 155 Å². The summed E-state index contributed by atoms with van der Waals surface area (Å²) in [5, 5.41) is 10.6. The van der Waals surface area contributed by atoms with Gasteiger partial charge in [-0.25, -0.2) is 4.79 Å². The van der Waals surface area contributed by atoms with Crippen LogP contribution in [0.15, 0.2) is 54.6 Å². The Kier molecular flexibility index (Phi) is 7.06. The van der Waals surface area contributed by atoms with Crippen LogP contribution in [-0.2, 0) is 23.1 Å². The lowest BCUT2D eigenvalue weighted by Crippen LogP contribution is -2.19. The fourth-order valence-electron chi connectivity index (χ4n) is 2.16. The number of hydrogen-bond acceptors (Lipinski definition) is 8. The van der Waals surface area contributed by atoms with E-state index in [0.717, 1.165) is 0 Å². The van der Waals surface area contributed by atoms with Gasteiger partial charge in [0.05, 0.1) is 4.92 Å². The van der Waals surface area contributed by atoms with Crippen molar-refractivity contribution in [1.82, 2.24) is 0 Å². The summed E-state index contributed by atoms with van der Waals surface area (Å²) in [5.41, 5.74) is 0.336. The minimum atomic E-state index is -3.75. The van der Waals surface area contributed by atoms with Crippen molar-refractivity contribution in [2.75, 3.05) is 20.8 Å². The summed E-state index contributed by atoms with van der Waals surface area (Å²) in [6, 6.07) is 13.6. The maximum atomic E-state index is 12.7. The SMILES string of the molecule is COP(=O)(OC)C(OC(=O)COc1ccc([N+](=O)[O-])cc1)c1ccccc1. The Morgan fingerprint density at radius 2 is 1.67 bits per heavy atom. The first-order chi connectivity index (χ1) is 12.9. The molecule has 0 bridgehead atoms. The minimum Gasteiger partial charge on any atom is -0.482 e. The molecule has 0 aliphatic heterocycles. The van der Waals surface area contributed by atoms with Crippen LogP contribution in [0.3, 0.4) is 0 Å². The van der Waals surface area contributed by atoms with Gasteiger partial charge in [0.15, 0.2) is 6.61 Å². The smallest absolute Gasteiger partial charge is 0.375 e. The highest BCUT2D eigenvalue weighted by Gasteiger charge is 2.39. The van der Waals surface area contributed by atoms with Crippen molar-refractivity contribution in [2.45, 2.75) is 5.85 Å². The van der Waals surface area contributed by atoms with Crippen molar-refractivity contribution in [3.05, 3.63) is 70.3 Å². The molecule has 2 aromatic carbocycles. The fraction of sp³-hybridized carbons (Fsp3) is 0.235. The molecule has 0 spiro atoms. The van der Waals surface area contributed by atoms with Gasteiger partial charge in [0.1, 0.15) is 5.75 Å². The third-order valence-corrected chi connectivity index (χ3v) is 5.52. The fourth-order valence-corrected chi connectivity index (χ4v) is 3.48. The molecule has 9 nitrogen and oxygen atoms in total. The van der Waals surface area contributed by atoms with E-state index in [4.69, 9.17) is 18.5 Å². The van der Waals surface area contributed by atoms with Gasteiger partial charge >= 0.3 is 13.6 Å². The standard InChI is InChI=1S/C17H18NO8P/c1-23-27(22,24-2)17(13-6-4-3-5-7-13)26-16(19)12-25-15-10-8-14(9-11-15)18(20)21/h3-11,17H,12H2,1-2H3. The molecule has 0 heterocycles. The zero-order valence-corrected chi connectivity index (χ0v) is 15.5. The Morgan fingerprint density at radius 1 is 1.07 bits per heavy atom. The van der Waals surface area contributed by atoms with Crippen LogP contribution in [0.4, 0.5) is 5.69 Å². The van der Waals surface area contributed by atoms with Gasteiger partial charge in [-0.05, 0) is 12.1 Å². The third-order valence-electron chi connectivity index (χ3n) is 3.53. The average molecular weight is 395 g/mol. The average Bonchev–Trinajstić information content (AvgIpc) is 2.70. The summed E-state index contributed by atoms with van der Waals surface area (Å²) in [6.07, 6.45) is 0. The number of benzene rings is 2. The van der Waals surface area contributed by atoms with Crippen molar-refractivity contribution in [3.8, 4) is 5.75 Å². The number of esters is 1. The van der Waals surface area contributed by atoms with Crippen LogP contribution in [0.2, 0.25) is 0 Å². The molecule has 2 rings (SSSR count). The van der Waals surface area contributed by atoms with E-state index in [9.17, 15) is 19.5 Å². The second kappa shape index (κ2) is 9.27. The predicted octanol–water partition coefficient (Wildman–Crippen LogP) is 3.70. The van der Waals surface area contributed by atoms with Crippen molar-refractivity contribution in [3.63, 3.8) is 0 Å². The number of ether oxygens (including phenoxy) is 2. The van der Waals surface area contributed by atoms with E-state index < -0.39 is 30.9 Å². The molecule has 0 aliphatic carbocycles. The van der Waals surface area contributed by atoms with Gasteiger partial charge < -0.3 is 18.5 Å². The Morgan fingerprint density at radius 3 is 2.19 bits per heavy atom. The number of nitro benzene ring substituents is 1. The van der Waals surface area contributed by atoms with Crippen LogP contribution >= 0.6 is 7.60 Å². The number of non-ortho nitro benzene ring substituents is 1. The monoisotopic (exact) mass is 395 g/mol. The molecule has 144 valence electrons. The van der Waals surface area contributed by atoms with Crippen molar-refractivity contribution in [2.24, 2.45) is 0 Å². The number of carbonyl (C=O) groups excluding carboxylic acids is 1. The lowest BCUT2D eigenvalue weighted by Gasteiger charge is -2.24. The molecule has 1 unspecified atom stereocenters. The van der Waals surface area contributed by atoms with E-state index in [2.05, 4.69) is 0 Å². The largest absolute Gasteiger partial charge is 0.482 e. The first-order valence-electron chi connectivity index (χ1n) is 7.72. The van der Waals surface area contributed by atoms with E-state index in [1.807, 2.05) is 0 Å². The van der Waals surface area contributed by atoms with Gasteiger partial charge in [0.25, 0.3) is 5.69 Å². The van der Waals surface area contributed by atoms with Crippen molar-refractivity contribution < 1.29 is 32.8 Å². The molecular formula is C17H18NO8P. The highest BCUT2D eigenvalue weighted by atomic mass is 31.2. The molecule has 0 amide bonds. The molecule has 0 saturated carbocycles. The molecule has 1 atom stereocenters. The number of carbonyl (C=O) groups is 1. The number of nitrogens with zero attached hydrogens (tertiary/aromatic N) is 1. The normalized spacial score (nSPS) is 12.2. The van der Waals surface area contributed by atoms with Crippen LogP contribution < -0.4 is 4.74 Å². The molecule has 0 N–H and O–H groups in total. The second-order valence-corrected chi connectivity index (χ2v) is 7.48. The van der Waals surface area contributed by atoms with Gasteiger partial charge in [-0.3, -0.25) is 14.7 Å². The van der Waals surface area contributed by atoms with E-state index in [1.54, 1.807) is 30.3 Å². The number of rotatable bonds is 9. The number of hydrogen-bond donors (Lipinski definition) is 0. The maximum Gasteiger partial charge on any atom is 0.375 e. The second-order valence-electron chi connectivity index (χ2n) is 5.20. The molecule has 0 aromatic heterocycles. The molecule has 0 saturated heterocycles. The summed E-state index contributed by atoms with van der Waals surface area (Å²) in [4.78, 5) is 22.2. The zero-order valence-electron chi connectivity index (χ0n) is 14.6. The lowest BCUT2D eigenvalue weighted by atomic mass is 10.2. The van der Waals surface area contributed by atoms with E-state index in [0.29, 0.717) is 5.56 Å². The van der Waals surface area contributed by atoms with Gasteiger partial charge in [0, 0.05) is 31.9 Å². The maximum absolute atomic E-state index is 12.7. The summed E-state index contributed by atoms with van der Waals surface area (Å²) in [6.45, 7) is -0.491. The molecule has 0 radical (unpaired) electrons. The first kappa shape index (κ1) is 20.6. The quantitative estimate of drug-likeness (QED) is 0.273. The van der Waals surface area contributed by atoms with Crippen LogP contribution in [-0.4, -0.2) is 31.7 Å². The zero-order chi connectivity index (χ0) is 19.9. The topological polar surface area (TPSA) is 114 Å². The highest BCUT2D eigenvalue weighted by Crippen LogP contribution is 2.60. The molecule has 10 heteroatoms. The van der Waals surface area contributed by atoms with Gasteiger partial charge in [-0.15, -0.1) is 0 Å². The Hall–Kier alpha value is -2.74. The van der Waals surface area contributed by atoms with E-state index in [1.165, 1.54) is 38.5 Å². The summed E-state index contributed by atoms with van der Waals surface area (Å²) in [7, 11) is -1.36. The molecule has 2 aromatic rings. The van der Waals surface area contributed by atoms with Crippen molar-refractivity contribution in [1.29, 1.82) is 0 Å². The third kappa shape index (κ3) is 5.37. The predicted molar refractivity (Wildman–Crippen MR) is 95.5 cm³/mol. The summed E-state index contributed by atoms with van der Waals surface area (Å²) in [5.74, 6) is -1.83. The molecule has 0 aliphatic rings. The van der Waals surface area contributed by atoms with Gasteiger partial charge in [-0.1, -0.05) is 30.3 Å². The highest BCUT2D eigenvalue weighted by molar-refractivity contribution is 7.54. The molecule has 27 heavy (non-hydrogen) atoms. The molecular weight excluding hydrogens is 377 g/mol. The first-order valence-corrected chi connectivity index (χ1v) is 9.33. The molecule has 0 fully saturated rings. The Bertz CT molecular complexity index is 817.